The van der Waals surface area contributed by atoms with Gasteiger partial charge in [0, 0.05) is 19.3 Å². The van der Waals surface area contributed by atoms with E-state index in [0.29, 0.717) is 13.1 Å². The van der Waals surface area contributed by atoms with Gasteiger partial charge < -0.3 is 4.74 Å². The van der Waals surface area contributed by atoms with Gasteiger partial charge in [0.1, 0.15) is 0 Å². The number of esters is 1. The molecule has 1 heterocycles. The van der Waals surface area contributed by atoms with Crippen LogP contribution in [0.25, 0.3) is 0 Å². The molecule has 2 rings (SSSR count). The molecule has 4 heteroatoms. The van der Waals surface area contributed by atoms with Crippen LogP contribution in [0.3, 0.4) is 0 Å². The lowest BCUT2D eigenvalue weighted by Crippen LogP contribution is -2.29. The van der Waals surface area contributed by atoms with Crippen LogP contribution in [-0.2, 0) is 16.1 Å². The van der Waals surface area contributed by atoms with E-state index in [1.807, 2.05) is 55.6 Å². The van der Waals surface area contributed by atoms with Crippen molar-refractivity contribution in [1.82, 2.24) is 9.88 Å². The van der Waals surface area contributed by atoms with Crippen molar-refractivity contribution >= 4 is 5.97 Å². The van der Waals surface area contributed by atoms with E-state index in [1.54, 1.807) is 6.20 Å². The van der Waals surface area contributed by atoms with Crippen molar-refractivity contribution in [2.24, 2.45) is 0 Å². The summed E-state index contributed by atoms with van der Waals surface area (Å²) in [5.74, 6) is -0.501. The molecule has 0 saturated carbocycles. The fraction of sp³-hybridized carbons (Fsp3) is 0.294. The third kappa shape index (κ3) is 4.39. The Balaban J connectivity index is 2.07. The zero-order valence-corrected chi connectivity index (χ0v) is 12.4. The summed E-state index contributed by atoms with van der Waals surface area (Å²) in [6.07, 6.45) is 1.78. The summed E-state index contributed by atoms with van der Waals surface area (Å²) < 4.78 is 4.94. The number of benzene rings is 1. The Morgan fingerprint density at radius 2 is 1.90 bits per heavy atom. The van der Waals surface area contributed by atoms with Crippen LogP contribution >= 0.6 is 0 Å². The molecule has 0 amide bonds. The summed E-state index contributed by atoms with van der Waals surface area (Å²) in [7, 11) is 3.41. The summed E-state index contributed by atoms with van der Waals surface area (Å²) in [5.41, 5.74) is 1.95. The first kappa shape index (κ1) is 15.2. The average Bonchev–Trinajstić information content (AvgIpc) is 2.53. The Morgan fingerprint density at radius 3 is 2.52 bits per heavy atom. The Bertz CT molecular complexity index is 558. The number of methoxy groups -OCH3 is 1. The SMILES string of the molecule is COC(=O)C(CN(C)Cc1ccccn1)c1ccccc1. The number of carbonyl (C=O) groups excluding carboxylic acids is 1. The lowest BCUT2D eigenvalue weighted by molar-refractivity contribution is -0.142. The van der Waals surface area contributed by atoms with Gasteiger partial charge in [0.25, 0.3) is 0 Å². The van der Waals surface area contributed by atoms with E-state index in [9.17, 15) is 4.79 Å². The van der Waals surface area contributed by atoms with E-state index in [4.69, 9.17) is 4.74 Å². The van der Waals surface area contributed by atoms with Crippen LogP contribution in [0.5, 0.6) is 0 Å². The number of nitrogens with zero attached hydrogens (tertiary/aromatic N) is 2. The number of pyridine rings is 1. The molecule has 0 radical (unpaired) electrons. The van der Waals surface area contributed by atoms with Gasteiger partial charge in [-0.3, -0.25) is 14.7 Å². The monoisotopic (exact) mass is 284 g/mol. The summed E-state index contributed by atoms with van der Waals surface area (Å²) in [6, 6.07) is 15.6. The molecular weight excluding hydrogens is 264 g/mol. The van der Waals surface area contributed by atoms with Crippen molar-refractivity contribution in [3.8, 4) is 0 Å². The molecule has 21 heavy (non-hydrogen) atoms. The highest BCUT2D eigenvalue weighted by atomic mass is 16.5. The number of carbonyl (C=O) groups is 1. The van der Waals surface area contributed by atoms with Crippen LogP contribution in [0.1, 0.15) is 17.2 Å². The first-order valence-electron chi connectivity index (χ1n) is 6.92. The predicted octanol–water partition coefficient (Wildman–Crippen LogP) is 2.47. The second-order valence-electron chi connectivity index (χ2n) is 5.00. The third-order valence-electron chi connectivity index (χ3n) is 3.34. The Hall–Kier alpha value is -2.20. The molecule has 0 aliphatic heterocycles. The van der Waals surface area contributed by atoms with Crippen LogP contribution in [-0.4, -0.2) is 36.6 Å². The zero-order valence-electron chi connectivity index (χ0n) is 12.4. The number of aromatic nitrogens is 1. The average molecular weight is 284 g/mol. The van der Waals surface area contributed by atoms with Crippen molar-refractivity contribution < 1.29 is 9.53 Å². The van der Waals surface area contributed by atoms with Crippen molar-refractivity contribution in [2.45, 2.75) is 12.5 Å². The highest BCUT2D eigenvalue weighted by Crippen LogP contribution is 2.19. The van der Waals surface area contributed by atoms with Gasteiger partial charge in [-0.25, -0.2) is 0 Å². The third-order valence-corrected chi connectivity index (χ3v) is 3.34. The van der Waals surface area contributed by atoms with Gasteiger partial charge in [-0.05, 0) is 24.7 Å². The highest BCUT2D eigenvalue weighted by Gasteiger charge is 2.23. The summed E-state index contributed by atoms with van der Waals surface area (Å²) in [4.78, 5) is 18.4. The van der Waals surface area contributed by atoms with Crippen molar-refractivity contribution in [3.05, 3.63) is 66.0 Å². The van der Waals surface area contributed by atoms with Gasteiger partial charge in [0.15, 0.2) is 0 Å². The van der Waals surface area contributed by atoms with Gasteiger partial charge in [-0.15, -0.1) is 0 Å². The highest BCUT2D eigenvalue weighted by molar-refractivity contribution is 5.78. The quantitative estimate of drug-likeness (QED) is 0.764. The molecule has 0 aliphatic rings. The number of hydrogen-bond acceptors (Lipinski definition) is 4. The van der Waals surface area contributed by atoms with E-state index in [1.165, 1.54) is 7.11 Å². The number of hydrogen-bond donors (Lipinski definition) is 0. The molecule has 1 atom stereocenters. The fourth-order valence-corrected chi connectivity index (χ4v) is 2.29. The lowest BCUT2D eigenvalue weighted by atomic mass is 9.98. The zero-order chi connectivity index (χ0) is 15.1. The Morgan fingerprint density at radius 1 is 1.19 bits per heavy atom. The van der Waals surface area contributed by atoms with E-state index in [-0.39, 0.29) is 11.9 Å². The lowest BCUT2D eigenvalue weighted by Gasteiger charge is -2.22. The smallest absolute Gasteiger partial charge is 0.314 e. The minimum atomic E-state index is -0.287. The number of ether oxygens (including phenoxy) is 1. The topological polar surface area (TPSA) is 42.4 Å². The van der Waals surface area contributed by atoms with E-state index in [0.717, 1.165) is 11.3 Å². The second kappa shape index (κ2) is 7.55. The molecule has 0 spiro atoms. The minimum Gasteiger partial charge on any atom is -0.469 e. The Labute approximate surface area is 125 Å². The molecule has 2 aromatic rings. The first-order chi connectivity index (χ1) is 10.2. The molecule has 0 aliphatic carbocycles. The molecule has 1 aromatic carbocycles. The number of rotatable bonds is 6. The number of likely N-dealkylation sites (N-methyl/N-ethyl adjacent to an activating group) is 1. The van der Waals surface area contributed by atoms with Crippen molar-refractivity contribution in [3.63, 3.8) is 0 Å². The first-order valence-corrected chi connectivity index (χ1v) is 6.92. The van der Waals surface area contributed by atoms with Crippen LogP contribution in [0.15, 0.2) is 54.7 Å². The van der Waals surface area contributed by atoms with Gasteiger partial charge in [-0.2, -0.15) is 0 Å². The molecule has 1 aromatic heterocycles. The molecular formula is C17H20N2O2. The van der Waals surface area contributed by atoms with Crippen LogP contribution in [0.4, 0.5) is 0 Å². The summed E-state index contributed by atoms with van der Waals surface area (Å²) in [5, 5.41) is 0. The van der Waals surface area contributed by atoms with Crippen LogP contribution in [0.2, 0.25) is 0 Å². The maximum absolute atomic E-state index is 12.0. The largest absolute Gasteiger partial charge is 0.469 e. The molecule has 0 bridgehead atoms. The molecule has 1 unspecified atom stereocenters. The fourth-order valence-electron chi connectivity index (χ4n) is 2.29. The molecule has 0 saturated heterocycles. The van der Waals surface area contributed by atoms with Gasteiger partial charge in [0.2, 0.25) is 0 Å². The normalized spacial score (nSPS) is 12.1. The molecule has 4 nitrogen and oxygen atoms in total. The van der Waals surface area contributed by atoms with E-state index >= 15 is 0 Å². The second-order valence-corrected chi connectivity index (χ2v) is 5.00. The van der Waals surface area contributed by atoms with E-state index < -0.39 is 0 Å². The minimum absolute atomic E-state index is 0.214. The van der Waals surface area contributed by atoms with Gasteiger partial charge in [-0.1, -0.05) is 36.4 Å². The van der Waals surface area contributed by atoms with E-state index in [2.05, 4.69) is 9.88 Å². The van der Waals surface area contributed by atoms with Crippen LogP contribution in [0, 0.1) is 0 Å². The summed E-state index contributed by atoms with van der Waals surface area (Å²) >= 11 is 0. The molecule has 0 fully saturated rings. The maximum Gasteiger partial charge on any atom is 0.314 e. The van der Waals surface area contributed by atoms with Crippen LogP contribution < -0.4 is 0 Å². The Kier molecular flexibility index (Phi) is 5.46. The van der Waals surface area contributed by atoms with Gasteiger partial charge >= 0.3 is 5.97 Å². The molecule has 0 N–H and O–H groups in total. The predicted molar refractivity (Wildman–Crippen MR) is 81.8 cm³/mol. The molecule has 110 valence electrons. The van der Waals surface area contributed by atoms with Crippen molar-refractivity contribution in [2.75, 3.05) is 20.7 Å². The van der Waals surface area contributed by atoms with Gasteiger partial charge in [0.05, 0.1) is 18.7 Å². The van der Waals surface area contributed by atoms with Crippen molar-refractivity contribution in [1.29, 1.82) is 0 Å². The summed E-state index contributed by atoms with van der Waals surface area (Å²) in [6.45, 7) is 1.29. The maximum atomic E-state index is 12.0. The standard InChI is InChI=1S/C17H20N2O2/c1-19(12-15-10-6-7-11-18-15)13-16(17(20)21-2)14-8-4-3-5-9-14/h3-11,16H,12-13H2,1-2H3.